The van der Waals surface area contributed by atoms with Gasteiger partial charge in [-0.05, 0) is 77.0 Å². The van der Waals surface area contributed by atoms with E-state index in [2.05, 4.69) is 44.0 Å². The number of fused-ring (bicyclic) bond motifs is 2. The Balaban J connectivity index is 1.48. The summed E-state index contributed by atoms with van der Waals surface area (Å²) in [5, 5.41) is 12.2. The number of hydrogen-bond acceptors (Lipinski definition) is 3. The van der Waals surface area contributed by atoms with Crippen LogP contribution in [-0.2, 0) is 24.1 Å². The maximum absolute atomic E-state index is 12.9. The first-order valence-corrected chi connectivity index (χ1v) is 13.2. The van der Waals surface area contributed by atoms with E-state index in [1.54, 1.807) is 6.07 Å². The van der Waals surface area contributed by atoms with Crippen LogP contribution in [0.5, 0.6) is 0 Å². The topological polar surface area (TPSA) is 60.1 Å². The zero-order valence-electron chi connectivity index (χ0n) is 18.4. The summed E-state index contributed by atoms with van der Waals surface area (Å²) in [5.41, 5.74) is 7.81. The number of carbonyl (C=O) groups excluding carboxylic acids is 1. The first-order chi connectivity index (χ1) is 16.4. The molecule has 1 fully saturated rings. The van der Waals surface area contributed by atoms with Crippen LogP contribution in [0.1, 0.15) is 40.8 Å². The Morgan fingerprint density at radius 2 is 1.88 bits per heavy atom. The van der Waals surface area contributed by atoms with Gasteiger partial charge in [-0.25, -0.2) is 0 Å². The van der Waals surface area contributed by atoms with E-state index in [1.807, 2.05) is 23.2 Å². The van der Waals surface area contributed by atoms with Crippen molar-refractivity contribution in [3.63, 3.8) is 0 Å². The molecule has 2 aromatic heterocycles. The standard InChI is InChI=1S/C26H22Br2ClN3O2/c27-20-11-19-4-3-18-12-21(29)13-22(28)24(18)25(26(19)30-14-20)17-5-8-31(9-6-17)23(33)10-16-2-1-7-32(34)15-16/h1-2,7,11-15H,3-6,8-10H2. The van der Waals surface area contributed by atoms with Gasteiger partial charge in [0, 0.05) is 56.0 Å². The third-order valence-electron chi connectivity index (χ3n) is 6.49. The van der Waals surface area contributed by atoms with Crippen molar-refractivity contribution in [2.75, 3.05) is 13.1 Å². The van der Waals surface area contributed by atoms with Crippen LogP contribution >= 0.6 is 43.5 Å². The number of aryl methyl sites for hydroxylation is 2. The largest absolute Gasteiger partial charge is 0.619 e. The zero-order valence-corrected chi connectivity index (χ0v) is 22.3. The molecule has 0 saturated carbocycles. The molecule has 34 heavy (non-hydrogen) atoms. The summed E-state index contributed by atoms with van der Waals surface area (Å²) in [6.45, 7) is 1.29. The average molecular weight is 604 g/mol. The Bertz CT molecular complexity index is 1320. The van der Waals surface area contributed by atoms with Crippen LogP contribution in [0.2, 0.25) is 5.02 Å². The molecule has 1 aromatic carbocycles. The van der Waals surface area contributed by atoms with Crippen LogP contribution in [0.3, 0.4) is 0 Å². The van der Waals surface area contributed by atoms with E-state index in [4.69, 9.17) is 16.6 Å². The lowest BCUT2D eigenvalue weighted by Gasteiger charge is -2.30. The molecule has 0 radical (unpaired) electrons. The van der Waals surface area contributed by atoms with Crippen molar-refractivity contribution in [1.82, 2.24) is 9.88 Å². The number of piperidine rings is 1. The van der Waals surface area contributed by atoms with Crippen LogP contribution in [0.25, 0.3) is 5.57 Å². The summed E-state index contributed by atoms with van der Waals surface area (Å²) in [6.07, 6.45) is 8.31. The lowest BCUT2D eigenvalue weighted by atomic mass is 9.88. The minimum Gasteiger partial charge on any atom is -0.619 e. The molecule has 0 spiro atoms. The van der Waals surface area contributed by atoms with Gasteiger partial charge in [-0.3, -0.25) is 9.78 Å². The number of carbonyl (C=O) groups is 1. The lowest BCUT2D eigenvalue weighted by molar-refractivity contribution is -0.605. The van der Waals surface area contributed by atoms with E-state index in [1.165, 1.54) is 34.7 Å². The third-order valence-corrected chi connectivity index (χ3v) is 7.76. The van der Waals surface area contributed by atoms with Gasteiger partial charge in [-0.1, -0.05) is 33.1 Å². The number of pyridine rings is 2. The monoisotopic (exact) mass is 601 g/mol. The molecule has 3 heterocycles. The van der Waals surface area contributed by atoms with E-state index in [9.17, 15) is 10.0 Å². The van der Waals surface area contributed by atoms with Crippen LogP contribution in [0.4, 0.5) is 0 Å². The summed E-state index contributed by atoms with van der Waals surface area (Å²) < 4.78 is 2.68. The normalized spacial score (nSPS) is 15.6. The van der Waals surface area contributed by atoms with Gasteiger partial charge in [0.15, 0.2) is 12.4 Å². The van der Waals surface area contributed by atoms with Gasteiger partial charge in [0.25, 0.3) is 0 Å². The molecule has 0 bridgehead atoms. The average Bonchev–Trinajstić information content (AvgIpc) is 2.96. The molecular formula is C26H22Br2ClN3O2. The van der Waals surface area contributed by atoms with Crippen molar-refractivity contribution in [1.29, 1.82) is 0 Å². The van der Waals surface area contributed by atoms with Crippen LogP contribution in [0, 0.1) is 5.21 Å². The van der Waals surface area contributed by atoms with Gasteiger partial charge in [-0.15, -0.1) is 0 Å². The van der Waals surface area contributed by atoms with Crippen molar-refractivity contribution in [3.8, 4) is 0 Å². The number of halogens is 3. The Labute approximate surface area is 220 Å². The van der Waals surface area contributed by atoms with Crippen LogP contribution < -0.4 is 4.73 Å². The van der Waals surface area contributed by atoms with Gasteiger partial charge >= 0.3 is 0 Å². The minimum atomic E-state index is 0.0481. The fourth-order valence-electron chi connectivity index (χ4n) is 4.90. The molecule has 174 valence electrons. The maximum atomic E-state index is 12.9. The fraction of sp³-hybridized carbons (Fsp3) is 0.269. The highest BCUT2D eigenvalue weighted by molar-refractivity contribution is 9.10. The van der Waals surface area contributed by atoms with Gasteiger partial charge < -0.3 is 10.1 Å². The molecule has 0 atom stereocenters. The van der Waals surface area contributed by atoms with Crippen molar-refractivity contribution >= 4 is 54.9 Å². The van der Waals surface area contributed by atoms with E-state index in [0.29, 0.717) is 13.1 Å². The van der Waals surface area contributed by atoms with Crippen molar-refractivity contribution in [2.24, 2.45) is 0 Å². The molecule has 1 aliphatic carbocycles. The first kappa shape index (κ1) is 23.5. The highest BCUT2D eigenvalue weighted by Crippen LogP contribution is 2.42. The summed E-state index contributed by atoms with van der Waals surface area (Å²) in [6, 6.07) is 9.65. The van der Waals surface area contributed by atoms with Crippen LogP contribution in [0.15, 0.2) is 63.4 Å². The summed E-state index contributed by atoms with van der Waals surface area (Å²) >= 11 is 13.7. The van der Waals surface area contributed by atoms with Crippen molar-refractivity contribution in [3.05, 3.63) is 102 Å². The second kappa shape index (κ2) is 9.80. The Kier molecular flexibility index (Phi) is 6.78. The summed E-state index contributed by atoms with van der Waals surface area (Å²) in [5.74, 6) is 0.0481. The van der Waals surface area contributed by atoms with Crippen molar-refractivity contribution in [2.45, 2.75) is 32.1 Å². The molecule has 5 rings (SSSR count). The molecule has 0 unspecified atom stereocenters. The molecule has 1 amide bonds. The van der Waals surface area contributed by atoms with Crippen molar-refractivity contribution < 1.29 is 9.52 Å². The number of amides is 1. The predicted octanol–water partition coefficient (Wildman–Crippen LogP) is 5.66. The molecule has 2 aliphatic rings. The first-order valence-electron chi connectivity index (χ1n) is 11.2. The molecule has 5 nitrogen and oxygen atoms in total. The molecular weight excluding hydrogens is 582 g/mol. The predicted molar refractivity (Wildman–Crippen MR) is 139 cm³/mol. The highest BCUT2D eigenvalue weighted by Gasteiger charge is 2.28. The van der Waals surface area contributed by atoms with Gasteiger partial charge in [0.05, 0.1) is 12.1 Å². The number of aromatic nitrogens is 2. The number of likely N-dealkylation sites (tertiary alicyclic amines) is 1. The number of hydrogen-bond donors (Lipinski definition) is 0. The maximum Gasteiger partial charge on any atom is 0.227 e. The SMILES string of the molecule is O=C(Cc1ccc[n+]([O-])c1)N1CCC(=C2c3ncc(Br)cc3CCc3cc(Cl)cc(Br)c32)CC1. The Hall–Kier alpha value is -2.22. The van der Waals surface area contributed by atoms with Gasteiger partial charge in [-0.2, -0.15) is 4.73 Å². The van der Waals surface area contributed by atoms with E-state index < -0.39 is 0 Å². The number of benzene rings is 1. The Morgan fingerprint density at radius 1 is 1.12 bits per heavy atom. The molecule has 1 aliphatic heterocycles. The van der Waals surface area contributed by atoms with E-state index in [0.717, 1.165) is 61.2 Å². The molecule has 8 heteroatoms. The van der Waals surface area contributed by atoms with E-state index >= 15 is 0 Å². The highest BCUT2D eigenvalue weighted by atomic mass is 79.9. The van der Waals surface area contributed by atoms with Gasteiger partial charge in [0.1, 0.15) is 0 Å². The summed E-state index contributed by atoms with van der Waals surface area (Å²) in [7, 11) is 0. The molecule has 1 saturated heterocycles. The summed E-state index contributed by atoms with van der Waals surface area (Å²) in [4.78, 5) is 19.6. The van der Waals surface area contributed by atoms with Crippen LogP contribution in [-0.4, -0.2) is 28.9 Å². The minimum absolute atomic E-state index is 0.0481. The second-order valence-electron chi connectivity index (χ2n) is 8.69. The number of nitrogens with zero attached hydrogens (tertiary/aromatic N) is 3. The quantitative estimate of drug-likeness (QED) is 0.281. The fourth-order valence-corrected chi connectivity index (χ4v) is 6.35. The molecule has 3 aromatic rings. The smallest absolute Gasteiger partial charge is 0.227 e. The second-order valence-corrected chi connectivity index (χ2v) is 10.9. The Morgan fingerprint density at radius 3 is 2.65 bits per heavy atom. The zero-order chi connectivity index (χ0) is 23.8. The lowest BCUT2D eigenvalue weighted by Crippen LogP contribution is -2.38. The van der Waals surface area contributed by atoms with E-state index in [-0.39, 0.29) is 12.3 Å². The third kappa shape index (κ3) is 4.79. The molecule has 0 N–H and O–H groups in total. The van der Waals surface area contributed by atoms with Gasteiger partial charge in [0.2, 0.25) is 5.91 Å². The number of rotatable bonds is 2.